The van der Waals surface area contributed by atoms with Crippen molar-refractivity contribution in [2.24, 2.45) is 5.92 Å². The van der Waals surface area contributed by atoms with Gasteiger partial charge in [-0.1, -0.05) is 44.5 Å². The third kappa shape index (κ3) is 7.39. The second-order valence-electron chi connectivity index (χ2n) is 10.4. The van der Waals surface area contributed by atoms with E-state index in [1.165, 1.54) is 22.6 Å². The van der Waals surface area contributed by atoms with Gasteiger partial charge in [-0.25, -0.2) is 0 Å². The normalized spacial score (nSPS) is 14.9. The molecular weight excluding hydrogens is 534 g/mol. The Morgan fingerprint density at radius 2 is 1.50 bits per heavy atom. The Morgan fingerprint density at radius 1 is 0.900 bits per heavy atom. The highest BCUT2D eigenvalue weighted by atomic mass is 35.5. The Balaban J connectivity index is 1.24. The molecule has 1 atom stereocenters. The summed E-state index contributed by atoms with van der Waals surface area (Å²) in [5.41, 5.74) is 6.58. The lowest BCUT2D eigenvalue weighted by atomic mass is 9.87. The number of nitrogens with zero attached hydrogens (tertiary/aromatic N) is 1. The summed E-state index contributed by atoms with van der Waals surface area (Å²) in [6.45, 7) is 5.96. The van der Waals surface area contributed by atoms with E-state index in [0.29, 0.717) is 27.8 Å². The number of carbonyl (C=O) groups is 4. The van der Waals surface area contributed by atoms with E-state index in [9.17, 15) is 19.2 Å². The maximum absolute atomic E-state index is 12.6. The molecule has 0 radical (unpaired) electrons. The van der Waals surface area contributed by atoms with Gasteiger partial charge in [0, 0.05) is 29.2 Å². The van der Waals surface area contributed by atoms with Gasteiger partial charge in [0.1, 0.15) is 11.5 Å². The summed E-state index contributed by atoms with van der Waals surface area (Å²) in [7, 11) is 0. The fourth-order valence-corrected chi connectivity index (χ4v) is 4.18. The summed E-state index contributed by atoms with van der Waals surface area (Å²) in [4.78, 5) is 50.7. The predicted molar refractivity (Wildman–Crippen MR) is 150 cm³/mol. The Kier molecular flexibility index (Phi) is 8.74. The minimum absolute atomic E-state index is 0.0356. The van der Waals surface area contributed by atoms with Crippen LogP contribution < -0.4 is 20.5 Å². The van der Waals surface area contributed by atoms with E-state index in [-0.39, 0.29) is 24.3 Å². The van der Waals surface area contributed by atoms with Crippen LogP contribution in [0.15, 0.2) is 72.8 Å². The first-order valence-corrected chi connectivity index (χ1v) is 13.1. The van der Waals surface area contributed by atoms with Gasteiger partial charge in [0.05, 0.1) is 5.92 Å². The number of ether oxygens (including phenoxy) is 2. The topological polar surface area (TPSA) is 114 Å². The van der Waals surface area contributed by atoms with Crippen LogP contribution in [0.4, 0.5) is 5.69 Å². The van der Waals surface area contributed by atoms with E-state index < -0.39 is 30.3 Å². The number of amides is 3. The van der Waals surface area contributed by atoms with Crippen molar-refractivity contribution >= 4 is 41.0 Å². The lowest BCUT2D eigenvalue weighted by Crippen LogP contribution is -2.43. The van der Waals surface area contributed by atoms with Crippen molar-refractivity contribution in [2.75, 3.05) is 18.1 Å². The van der Waals surface area contributed by atoms with Gasteiger partial charge in [-0.3, -0.25) is 30.0 Å². The minimum Gasteiger partial charge on any atom is -0.457 e. The fraction of sp³-hybridized carbons (Fsp3) is 0.267. The van der Waals surface area contributed by atoms with Gasteiger partial charge >= 0.3 is 5.97 Å². The number of benzene rings is 3. The van der Waals surface area contributed by atoms with Gasteiger partial charge in [0.25, 0.3) is 11.8 Å². The molecule has 9 nitrogen and oxygen atoms in total. The smallest absolute Gasteiger partial charge is 0.311 e. The number of hydrogen-bond donors (Lipinski definition) is 2. The Hall–Kier alpha value is -4.37. The number of nitrogens with one attached hydrogen (secondary N) is 2. The summed E-state index contributed by atoms with van der Waals surface area (Å²) in [6.07, 6.45) is -0.0356. The number of halogens is 1. The molecule has 0 unspecified atom stereocenters. The second-order valence-corrected chi connectivity index (χ2v) is 10.8. The SMILES string of the molecule is CC(C)(C)c1ccc(Oc2ccc(N3C[C@@H](C(=O)OCC(=O)NNC(=O)c4ccc(Cl)cc4)CC3=O)cc2)cc1. The van der Waals surface area contributed by atoms with Crippen molar-refractivity contribution < 1.29 is 28.7 Å². The molecule has 1 heterocycles. The molecule has 40 heavy (non-hydrogen) atoms. The number of esters is 1. The molecule has 1 aliphatic heterocycles. The average Bonchev–Trinajstić information content (AvgIpc) is 3.32. The lowest BCUT2D eigenvalue weighted by molar-refractivity contribution is -0.152. The highest BCUT2D eigenvalue weighted by molar-refractivity contribution is 6.30. The number of hydrazine groups is 1. The summed E-state index contributed by atoms with van der Waals surface area (Å²) in [5, 5.41) is 0.472. The molecule has 2 N–H and O–H groups in total. The van der Waals surface area contributed by atoms with Crippen LogP contribution in [0, 0.1) is 5.92 Å². The van der Waals surface area contributed by atoms with Gasteiger partial charge in [-0.2, -0.15) is 0 Å². The molecule has 1 aliphatic rings. The molecule has 10 heteroatoms. The molecule has 3 aromatic rings. The van der Waals surface area contributed by atoms with Crippen LogP contribution >= 0.6 is 11.6 Å². The van der Waals surface area contributed by atoms with Gasteiger partial charge < -0.3 is 14.4 Å². The molecule has 208 valence electrons. The molecule has 3 amide bonds. The van der Waals surface area contributed by atoms with Crippen LogP contribution in [0.2, 0.25) is 5.02 Å². The van der Waals surface area contributed by atoms with E-state index in [1.807, 2.05) is 24.3 Å². The van der Waals surface area contributed by atoms with Gasteiger partial charge in [-0.15, -0.1) is 0 Å². The van der Waals surface area contributed by atoms with E-state index in [4.69, 9.17) is 21.1 Å². The Morgan fingerprint density at radius 3 is 2.10 bits per heavy atom. The highest BCUT2D eigenvalue weighted by Crippen LogP contribution is 2.30. The first-order chi connectivity index (χ1) is 19.0. The molecule has 1 saturated heterocycles. The zero-order valence-electron chi connectivity index (χ0n) is 22.4. The maximum atomic E-state index is 12.6. The van der Waals surface area contributed by atoms with E-state index >= 15 is 0 Å². The van der Waals surface area contributed by atoms with Crippen molar-refractivity contribution in [2.45, 2.75) is 32.6 Å². The van der Waals surface area contributed by atoms with E-state index in [2.05, 4.69) is 31.6 Å². The van der Waals surface area contributed by atoms with Crippen molar-refractivity contribution in [3.63, 3.8) is 0 Å². The van der Waals surface area contributed by atoms with Crippen LogP contribution in [0.25, 0.3) is 0 Å². The maximum Gasteiger partial charge on any atom is 0.311 e. The zero-order chi connectivity index (χ0) is 28.9. The lowest BCUT2D eigenvalue weighted by Gasteiger charge is -2.19. The van der Waals surface area contributed by atoms with Crippen LogP contribution in [0.5, 0.6) is 11.5 Å². The molecule has 0 aliphatic carbocycles. The Labute approximate surface area is 237 Å². The molecule has 0 bridgehead atoms. The number of hydrogen-bond acceptors (Lipinski definition) is 6. The summed E-state index contributed by atoms with van der Waals surface area (Å²) in [5.74, 6) is -1.58. The summed E-state index contributed by atoms with van der Waals surface area (Å²) < 4.78 is 11.0. The second kappa shape index (κ2) is 12.2. The summed E-state index contributed by atoms with van der Waals surface area (Å²) >= 11 is 5.79. The fourth-order valence-electron chi connectivity index (χ4n) is 4.06. The third-order valence-electron chi connectivity index (χ3n) is 6.33. The van der Waals surface area contributed by atoms with Crippen molar-refractivity contribution in [1.29, 1.82) is 0 Å². The van der Waals surface area contributed by atoms with E-state index in [0.717, 1.165) is 0 Å². The number of rotatable bonds is 7. The summed E-state index contributed by atoms with van der Waals surface area (Å²) in [6, 6.07) is 21.0. The predicted octanol–water partition coefficient (Wildman–Crippen LogP) is 4.79. The van der Waals surface area contributed by atoms with Crippen LogP contribution in [-0.4, -0.2) is 36.8 Å². The number of carbonyl (C=O) groups excluding carboxylic acids is 4. The highest BCUT2D eigenvalue weighted by Gasteiger charge is 2.36. The first kappa shape index (κ1) is 28.6. The Bertz CT molecular complexity index is 1380. The average molecular weight is 564 g/mol. The largest absolute Gasteiger partial charge is 0.457 e. The van der Waals surface area contributed by atoms with Crippen LogP contribution in [0.1, 0.15) is 43.1 Å². The molecule has 4 rings (SSSR count). The van der Waals surface area contributed by atoms with Gasteiger partial charge in [-0.05, 0) is 71.6 Å². The van der Waals surface area contributed by atoms with Gasteiger partial charge in [0.15, 0.2) is 6.61 Å². The first-order valence-electron chi connectivity index (χ1n) is 12.7. The number of anilines is 1. The van der Waals surface area contributed by atoms with Crippen molar-refractivity contribution in [1.82, 2.24) is 10.9 Å². The van der Waals surface area contributed by atoms with Crippen LogP contribution in [0.3, 0.4) is 0 Å². The third-order valence-corrected chi connectivity index (χ3v) is 6.58. The molecule has 0 spiro atoms. The molecule has 1 fully saturated rings. The van der Waals surface area contributed by atoms with Gasteiger partial charge in [0.2, 0.25) is 5.91 Å². The molecule has 0 saturated carbocycles. The molecule has 0 aromatic heterocycles. The van der Waals surface area contributed by atoms with Crippen molar-refractivity contribution in [3.05, 3.63) is 88.9 Å². The quantitative estimate of drug-likeness (QED) is 0.316. The minimum atomic E-state index is -0.722. The zero-order valence-corrected chi connectivity index (χ0v) is 23.2. The monoisotopic (exact) mass is 563 g/mol. The standard InChI is InChI=1S/C30H30ClN3O6/c1-30(2,3)21-6-12-24(13-7-21)40-25-14-10-23(11-15-25)34-17-20(16-27(34)36)29(38)39-18-26(35)32-33-28(37)19-4-8-22(31)9-5-19/h4-15,20H,16-18H2,1-3H3,(H,32,35)(H,33,37)/t20-/m0/s1. The molecule has 3 aromatic carbocycles. The van der Waals surface area contributed by atoms with E-state index in [1.54, 1.807) is 36.4 Å². The molecular formula is C30H30ClN3O6. The van der Waals surface area contributed by atoms with Crippen molar-refractivity contribution in [3.8, 4) is 11.5 Å². The van der Waals surface area contributed by atoms with Crippen LogP contribution in [-0.2, 0) is 24.5 Å².